The molecule has 3 rings (SSSR count). The van der Waals surface area contributed by atoms with E-state index in [-0.39, 0.29) is 0 Å². The van der Waals surface area contributed by atoms with Gasteiger partial charge in [-0.25, -0.2) is 9.97 Å². The summed E-state index contributed by atoms with van der Waals surface area (Å²) < 4.78 is 0. The van der Waals surface area contributed by atoms with Gasteiger partial charge in [0.1, 0.15) is 12.2 Å². The number of amidine groups is 1. The van der Waals surface area contributed by atoms with Crippen LogP contribution in [0.25, 0.3) is 0 Å². The first-order valence-electron chi connectivity index (χ1n) is 5.51. The van der Waals surface area contributed by atoms with Crippen LogP contribution >= 0.6 is 0 Å². The minimum absolute atomic E-state index is 0.583. The topological polar surface area (TPSA) is 52.9 Å². The fourth-order valence-corrected chi connectivity index (χ4v) is 2.09. The Morgan fingerprint density at radius 3 is 2.88 bits per heavy atom. The molecule has 0 atom stereocenters. The first kappa shape index (κ1) is 9.96. The van der Waals surface area contributed by atoms with Gasteiger partial charge in [0.05, 0.1) is 12.2 Å². The van der Waals surface area contributed by atoms with Crippen LogP contribution in [-0.2, 0) is 13.1 Å². The molecule has 0 saturated heterocycles. The van der Waals surface area contributed by atoms with Gasteiger partial charge >= 0.3 is 0 Å². The van der Waals surface area contributed by atoms with E-state index in [2.05, 4.69) is 16.0 Å². The maximum absolute atomic E-state index is 8.12. The molecule has 84 valence electrons. The molecule has 0 bridgehead atoms. The lowest BCUT2D eigenvalue weighted by Gasteiger charge is -2.16. The Balaban J connectivity index is 1.83. The number of nitrogens with zero attached hydrogens (tertiary/aromatic N) is 3. The molecular formula is C13H12N4. The third kappa shape index (κ3) is 1.78. The van der Waals surface area contributed by atoms with Crippen molar-refractivity contribution in [2.45, 2.75) is 13.1 Å². The SMILES string of the molecule is N=C1c2ccccc2CN1Cc1ccncn1. The predicted molar refractivity (Wildman–Crippen MR) is 64.5 cm³/mol. The lowest BCUT2D eigenvalue weighted by atomic mass is 10.1. The van der Waals surface area contributed by atoms with Crippen LogP contribution in [0.3, 0.4) is 0 Å². The van der Waals surface area contributed by atoms with E-state index in [9.17, 15) is 0 Å². The summed E-state index contributed by atoms with van der Waals surface area (Å²) in [6.45, 7) is 1.45. The number of hydrogen-bond donors (Lipinski definition) is 1. The number of rotatable bonds is 2. The predicted octanol–water partition coefficient (Wildman–Crippen LogP) is 1.82. The Morgan fingerprint density at radius 2 is 2.12 bits per heavy atom. The van der Waals surface area contributed by atoms with Crippen LogP contribution in [0, 0.1) is 5.41 Å². The molecular weight excluding hydrogens is 212 g/mol. The quantitative estimate of drug-likeness (QED) is 0.846. The average molecular weight is 224 g/mol. The fourth-order valence-electron chi connectivity index (χ4n) is 2.09. The smallest absolute Gasteiger partial charge is 0.129 e. The van der Waals surface area contributed by atoms with Crippen molar-refractivity contribution in [1.29, 1.82) is 5.41 Å². The van der Waals surface area contributed by atoms with Crippen molar-refractivity contribution in [2.75, 3.05) is 0 Å². The molecule has 2 aromatic rings. The molecule has 0 fully saturated rings. The molecule has 17 heavy (non-hydrogen) atoms. The third-order valence-electron chi connectivity index (χ3n) is 2.95. The second-order valence-corrected chi connectivity index (χ2v) is 4.06. The highest BCUT2D eigenvalue weighted by Gasteiger charge is 2.23. The van der Waals surface area contributed by atoms with Crippen LogP contribution in [0.2, 0.25) is 0 Å². The summed E-state index contributed by atoms with van der Waals surface area (Å²) >= 11 is 0. The van der Waals surface area contributed by atoms with Crippen LogP contribution in [0.15, 0.2) is 42.9 Å². The Hall–Kier alpha value is -2.23. The Morgan fingerprint density at radius 1 is 1.24 bits per heavy atom. The summed E-state index contributed by atoms with van der Waals surface area (Å²) in [6, 6.07) is 9.94. The van der Waals surface area contributed by atoms with E-state index in [1.807, 2.05) is 29.2 Å². The molecule has 4 nitrogen and oxygen atoms in total. The van der Waals surface area contributed by atoms with Crippen LogP contribution in [-0.4, -0.2) is 20.7 Å². The van der Waals surface area contributed by atoms with E-state index >= 15 is 0 Å². The Kier molecular flexibility index (Phi) is 2.33. The number of hydrogen-bond acceptors (Lipinski definition) is 3. The molecule has 0 spiro atoms. The van der Waals surface area contributed by atoms with Gasteiger partial charge in [-0.1, -0.05) is 24.3 Å². The van der Waals surface area contributed by atoms with Crippen molar-refractivity contribution in [3.8, 4) is 0 Å². The molecule has 0 saturated carbocycles. The Labute approximate surface area is 99.5 Å². The molecule has 2 heterocycles. The van der Waals surface area contributed by atoms with Gasteiger partial charge in [-0.15, -0.1) is 0 Å². The highest BCUT2D eigenvalue weighted by atomic mass is 15.2. The molecule has 1 aliphatic rings. The zero-order valence-electron chi connectivity index (χ0n) is 9.30. The molecule has 1 aromatic carbocycles. The summed E-state index contributed by atoms with van der Waals surface area (Å²) in [4.78, 5) is 10.1. The largest absolute Gasteiger partial charge is 0.346 e. The van der Waals surface area contributed by atoms with Crippen molar-refractivity contribution in [2.24, 2.45) is 0 Å². The lowest BCUT2D eigenvalue weighted by Crippen LogP contribution is -2.23. The van der Waals surface area contributed by atoms with Gasteiger partial charge in [-0.05, 0) is 11.6 Å². The van der Waals surface area contributed by atoms with Crippen molar-refractivity contribution in [3.05, 3.63) is 59.7 Å². The summed E-state index contributed by atoms with van der Waals surface area (Å²) in [5, 5.41) is 8.12. The summed E-state index contributed by atoms with van der Waals surface area (Å²) in [5.41, 5.74) is 3.19. The van der Waals surface area contributed by atoms with E-state index in [4.69, 9.17) is 5.41 Å². The van der Waals surface area contributed by atoms with Crippen molar-refractivity contribution in [1.82, 2.24) is 14.9 Å². The van der Waals surface area contributed by atoms with Crippen LogP contribution in [0.5, 0.6) is 0 Å². The van der Waals surface area contributed by atoms with Crippen LogP contribution in [0.4, 0.5) is 0 Å². The second-order valence-electron chi connectivity index (χ2n) is 4.06. The normalized spacial score (nSPS) is 13.9. The maximum atomic E-state index is 8.12. The average Bonchev–Trinajstić information content (AvgIpc) is 2.68. The number of aromatic nitrogens is 2. The van der Waals surface area contributed by atoms with Gasteiger partial charge < -0.3 is 4.90 Å². The fraction of sp³-hybridized carbons (Fsp3) is 0.154. The van der Waals surface area contributed by atoms with Gasteiger partial charge in [0.15, 0.2) is 0 Å². The standard InChI is InChI=1S/C13H12N4/c14-13-12-4-2-1-3-10(12)7-17(13)8-11-5-6-15-9-16-11/h1-6,9,14H,7-8H2. The van der Waals surface area contributed by atoms with E-state index in [0.717, 1.165) is 17.8 Å². The summed E-state index contributed by atoms with van der Waals surface area (Å²) in [6.07, 6.45) is 3.28. The molecule has 0 unspecified atom stereocenters. The highest BCUT2D eigenvalue weighted by molar-refractivity contribution is 6.00. The first-order chi connectivity index (χ1) is 8.34. The Bertz CT molecular complexity index is 550. The zero-order valence-corrected chi connectivity index (χ0v) is 9.30. The maximum Gasteiger partial charge on any atom is 0.129 e. The molecule has 1 N–H and O–H groups in total. The van der Waals surface area contributed by atoms with Gasteiger partial charge in [0, 0.05) is 18.3 Å². The second kappa shape index (κ2) is 3.97. The summed E-state index contributed by atoms with van der Waals surface area (Å²) in [7, 11) is 0. The van der Waals surface area contributed by atoms with E-state index in [0.29, 0.717) is 12.4 Å². The first-order valence-corrected chi connectivity index (χ1v) is 5.51. The highest BCUT2D eigenvalue weighted by Crippen LogP contribution is 2.23. The zero-order chi connectivity index (χ0) is 11.7. The van der Waals surface area contributed by atoms with Gasteiger partial charge in [0.2, 0.25) is 0 Å². The minimum Gasteiger partial charge on any atom is -0.346 e. The van der Waals surface area contributed by atoms with E-state index in [1.165, 1.54) is 5.56 Å². The molecule has 0 amide bonds. The van der Waals surface area contributed by atoms with Crippen molar-refractivity contribution >= 4 is 5.84 Å². The van der Waals surface area contributed by atoms with Crippen LogP contribution in [0.1, 0.15) is 16.8 Å². The molecule has 1 aromatic heterocycles. The van der Waals surface area contributed by atoms with Crippen LogP contribution < -0.4 is 0 Å². The van der Waals surface area contributed by atoms with Gasteiger partial charge in [0.25, 0.3) is 0 Å². The van der Waals surface area contributed by atoms with Gasteiger partial charge in [-0.2, -0.15) is 0 Å². The van der Waals surface area contributed by atoms with E-state index in [1.54, 1.807) is 12.5 Å². The van der Waals surface area contributed by atoms with Gasteiger partial charge in [-0.3, -0.25) is 5.41 Å². The van der Waals surface area contributed by atoms with Crippen molar-refractivity contribution < 1.29 is 0 Å². The molecule has 1 aliphatic heterocycles. The molecule has 4 heteroatoms. The number of benzene rings is 1. The number of fused-ring (bicyclic) bond motifs is 1. The molecule has 0 radical (unpaired) electrons. The third-order valence-corrected chi connectivity index (χ3v) is 2.95. The minimum atomic E-state index is 0.583. The van der Waals surface area contributed by atoms with Crippen molar-refractivity contribution in [3.63, 3.8) is 0 Å². The number of nitrogens with one attached hydrogen (secondary N) is 1. The molecule has 0 aliphatic carbocycles. The lowest BCUT2D eigenvalue weighted by molar-refractivity contribution is 0.416. The van der Waals surface area contributed by atoms with E-state index < -0.39 is 0 Å². The monoisotopic (exact) mass is 224 g/mol. The summed E-state index contributed by atoms with van der Waals surface area (Å²) in [5.74, 6) is 0.583.